The molecule has 0 atom stereocenters. The highest BCUT2D eigenvalue weighted by Crippen LogP contribution is 2.39. The summed E-state index contributed by atoms with van der Waals surface area (Å²) in [5, 5.41) is 0. The lowest BCUT2D eigenvalue weighted by Gasteiger charge is -2.34. The second-order valence-corrected chi connectivity index (χ2v) is 11.3. The minimum Gasteiger partial charge on any atom is -0.486 e. The zero-order valence-corrected chi connectivity index (χ0v) is 23.9. The number of benzene rings is 2. The zero-order chi connectivity index (χ0) is 28.6. The molecule has 1 aromatic heterocycles. The monoisotopic (exact) mass is 549 g/mol. The quantitative estimate of drug-likeness (QED) is 0.425. The molecule has 0 N–H and O–H groups in total. The Kier molecular flexibility index (Phi) is 8.03. The highest BCUT2D eigenvalue weighted by molar-refractivity contribution is 5.95. The first kappa shape index (κ1) is 28.0. The molecule has 2 aliphatic heterocycles. The van der Waals surface area contributed by atoms with Crippen molar-refractivity contribution in [2.24, 2.45) is 0 Å². The molecule has 1 amide bonds. The van der Waals surface area contributed by atoms with Gasteiger partial charge in [-0.15, -0.1) is 0 Å². The summed E-state index contributed by atoms with van der Waals surface area (Å²) in [7, 11) is 5.63. The van der Waals surface area contributed by atoms with Gasteiger partial charge in [0, 0.05) is 37.7 Å². The molecule has 0 unspecified atom stereocenters. The molecule has 212 valence electrons. The van der Waals surface area contributed by atoms with Crippen molar-refractivity contribution >= 4 is 11.6 Å². The average molecular weight is 550 g/mol. The van der Waals surface area contributed by atoms with E-state index in [1.807, 2.05) is 36.9 Å². The Labute approximate surface area is 234 Å². The van der Waals surface area contributed by atoms with E-state index in [0.29, 0.717) is 48.1 Å². The van der Waals surface area contributed by atoms with Crippen LogP contribution >= 0.6 is 0 Å². The van der Waals surface area contributed by atoms with Crippen LogP contribution in [-0.4, -0.2) is 79.1 Å². The molecule has 5 rings (SSSR count). The van der Waals surface area contributed by atoms with Crippen LogP contribution in [0.15, 0.2) is 36.5 Å². The minimum atomic E-state index is -0.628. The largest absolute Gasteiger partial charge is 0.486 e. The van der Waals surface area contributed by atoms with Gasteiger partial charge in [0.2, 0.25) is 0 Å². The molecule has 7 nitrogen and oxygen atoms in total. The fourth-order valence-corrected chi connectivity index (χ4v) is 5.66. The number of fused-ring (bicyclic) bond motifs is 1. The molecule has 0 saturated carbocycles. The molecular formula is C31H37F2N5O2. The molecule has 0 aliphatic carbocycles. The fraction of sp³-hybridized carbons (Fsp3) is 0.452. The number of aromatic nitrogens is 2. The third-order valence-corrected chi connectivity index (χ3v) is 7.88. The molecule has 3 heterocycles. The summed E-state index contributed by atoms with van der Waals surface area (Å²) in [4.78, 5) is 27.9. The number of anilines is 1. The standard InChI is InChI=1S/C31H37F2N5O2/c1-19(2)38-12-13-40-30-25(32)16-22(17-27(30)38)29-26(33)18-34-28(35-29)15-20-6-7-23(21-8-10-37(5)11-9-21)24(14-20)31(39)36(3)4/h6-7,14,16-19,21H,8-13,15H2,1-5H3. The molecular weight excluding hydrogens is 512 g/mol. The number of carbonyl (C=O) groups excluding carboxylic acids is 1. The van der Waals surface area contributed by atoms with Gasteiger partial charge in [-0.3, -0.25) is 4.79 Å². The van der Waals surface area contributed by atoms with Crippen molar-refractivity contribution in [1.29, 1.82) is 0 Å². The van der Waals surface area contributed by atoms with Gasteiger partial charge in [0.15, 0.2) is 17.4 Å². The van der Waals surface area contributed by atoms with Crippen LogP contribution in [0.2, 0.25) is 0 Å². The van der Waals surface area contributed by atoms with Gasteiger partial charge < -0.3 is 19.4 Å². The van der Waals surface area contributed by atoms with Crippen LogP contribution in [0.1, 0.15) is 59.9 Å². The average Bonchev–Trinajstić information content (AvgIpc) is 2.93. The third-order valence-electron chi connectivity index (χ3n) is 7.88. The highest BCUT2D eigenvalue weighted by Gasteiger charge is 2.27. The van der Waals surface area contributed by atoms with E-state index in [-0.39, 0.29) is 23.4 Å². The Morgan fingerprint density at radius 3 is 2.55 bits per heavy atom. The number of amides is 1. The van der Waals surface area contributed by atoms with E-state index < -0.39 is 11.6 Å². The van der Waals surface area contributed by atoms with E-state index in [0.717, 1.165) is 43.3 Å². The van der Waals surface area contributed by atoms with Crippen molar-refractivity contribution in [3.63, 3.8) is 0 Å². The lowest BCUT2D eigenvalue weighted by Crippen LogP contribution is -2.38. The number of nitrogens with zero attached hydrogens (tertiary/aromatic N) is 5. The number of rotatable bonds is 6. The van der Waals surface area contributed by atoms with Crippen molar-refractivity contribution in [3.8, 4) is 17.0 Å². The van der Waals surface area contributed by atoms with Gasteiger partial charge in [0.05, 0.1) is 18.4 Å². The highest BCUT2D eigenvalue weighted by atomic mass is 19.1. The van der Waals surface area contributed by atoms with Gasteiger partial charge in [-0.25, -0.2) is 18.7 Å². The molecule has 0 spiro atoms. The van der Waals surface area contributed by atoms with Gasteiger partial charge in [0.1, 0.15) is 18.1 Å². The van der Waals surface area contributed by atoms with E-state index in [4.69, 9.17) is 4.74 Å². The maximum absolute atomic E-state index is 15.1. The summed E-state index contributed by atoms with van der Waals surface area (Å²) < 4.78 is 35.7. The van der Waals surface area contributed by atoms with E-state index >= 15 is 8.78 Å². The Morgan fingerprint density at radius 1 is 1.10 bits per heavy atom. The van der Waals surface area contributed by atoms with Crippen molar-refractivity contribution in [2.75, 3.05) is 52.3 Å². The van der Waals surface area contributed by atoms with Crippen LogP contribution in [-0.2, 0) is 6.42 Å². The van der Waals surface area contributed by atoms with Gasteiger partial charge in [0.25, 0.3) is 5.91 Å². The van der Waals surface area contributed by atoms with Crippen molar-refractivity contribution in [2.45, 2.75) is 45.1 Å². The molecule has 9 heteroatoms. The molecule has 0 bridgehead atoms. The summed E-state index contributed by atoms with van der Waals surface area (Å²) in [5.74, 6) is -0.321. The number of carbonyl (C=O) groups is 1. The summed E-state index contributed by atoms with van der Waals surface area (Å²) in [6, 6.07) is 9.09. The number of hydrogen-bond donors (Lipinski definition) is 0. The van der Waals surface area contributed by atoms with E-state index in [2.05, 4.69) is 21.9 Å². The van der Waals surface area contributed by atoms with Crippen LogP contribution in [0.3, 0.4) is 0 Å². The lowest BCUT2D eigenvalue weighted by atomic mass is 9.85. The van der Waals surface area contributed by atoms with Gasteiger partial charge in [-0.2, -0.15) is 0 Å². The summed E-state index contributed by atoms with van der Waals surface area (Å²) in [6.45, 7) is 7.05. The molecule has 3 aromatic rings. The number of likely N-dealkylation sites (tertiary alicyclic amines) is 1. The predicted octanol–water partition coefficient (Wildman–Crippen LogP) is 5.13. The maximum atomic E-state index is 15.1. The molecule has 0 radical (unpaired) electrons. The Hall–Kier alpha value is -3.59. The van der Waals surface area contributed by atoms with Crippen LogP contribution in [0.5, 0.6) is 5.75 Å². The molecule has 2 aliphatic rings. The first-order chi connectivity index (χ1) is 19.1. The van der Waals surface area contributed by atoms with Crippen LogP contribution in [0.4, 0.5) is 14.5 Å². The topological polar surface area (TPSA) is 61.8 Å². The van der Waals surface area contributed by atoms with E-state index in [1.54, 1.807) is 25.1 Å². The Balaban J connectivity index is 1.47. The second kappa shape index (κ2) is 11.5. The van der Waals surface area contributed by atoms with Gasteiger partial charge in [-0.05, 0) is 82.1 Å². The van der Waals surface area contributed by atoms with Crippen LogP contribution in [0.25, 0.3) is 11.3 Å². The summed E-state index contributed by atoms with van der Waals surface area (Å²) in [5.41, 5.74) is 3.56. The second-order valence-electron chi connectivity index (χ2n) is 11.3. The number of piperidine rings is 1. The number of halogens is 2. The lowest BCUT2D eigenvalue weighted by molar-refractivity contribution is 0.0825. The van der Waals surface area contributed by atoms with Gasteiger partial charge in [-0.1, -0.05) is 12.1 Å². The van der Waals surface area contributed by atoms with E-state index in [9.17, 15) is 4.79 Å². The summed E-state index contributed by atoms with van der Waals surface area (Å²) >= 11 is 0. The maximum Gasteiger partial charge on any atom is 0.253 e. The van der Waals surface area contributed by atoms with Gasteiger partial charge >= 0.3 is 0 Å². The molecule has 40 heavy (non-hydrogen) atoms. The minimum absolute atomic E-state index is 0.0357. The van der Waals surface area contributed by atoms with Crippen LogP contribution < -0.4 is 9.64 Å². The Bertz CT molecular complexity index is 1400. The predicted molar refractivity (Wildman–Crippen MR) is 152 cm³/mol. The number of ether oxygens (including phenoxy) is 1. The van der Waals surface area contributed by atoms with Crippen molar-refractivity contribution < 1.29 is 18.3 Å². The summed E-state index contributed by atoms with van der Waals surface area (Å²) in [6.07, 6.45) is 3.45. The first-order valence-electron chi connectivity index (χ1n) is 13.9. The van der Waals surface area contributed by atoms with Crippen molar-refractivity contribution in [3.05, 3.63) is 70.7 Å². The normalized spacial score (nSPS) is 16.1. The SMILES string of the molecule is CC(C)N1CCOc2c(F)cc(-c3nc(Cc4ccc(C5CCN(C)CC5)c(C(=O)N(C)C)c4)ncc3F)cc21. The molecule has 2 aromatic carbocycles. The fourth-order valence-electron chi connectivity index (χ4n) is 5.66. The van der Waals surface area contributed by atoms with Crippen LogP contribution in [0, 0.1) is 11.6 Å². The molecule has 1 fully saturated rings. The van der Waals surface area contributed by atoms with E-state index in [1.165, 1.54) is 6.07 Å². The van der Waals surface area contributed by atoms with Crippen molar-refractivity contribution in [1.82, 2.24) is 19.8 Å². The molecule has 1 saturated heterocycles. The Morgan fingerprint density at radius 2 is 1.85 bits per heavy atom. The zero-order valence-electron chi connectivity index (χ0n) is 23.9. The number of hydrogen-bond acceptors (Lipinski definition) is 6. The first-order valence-corrected chi connectivity index (χ1v) is 13.9. The third kappa shape index (κ3) is 5.66. The smallest absolute Gasteiger partial charge is 0.253 e.